The summed E-state index contributed by atoms with van der Waals surface area (Å²) in [5, 5.41) is 8.43. The third kappa shape index (κ3) is 2.81. The summed E-state index contributed by atoms with van der Waals surface area (Å²) in [5.41, 5.74) is 6.10. The Hall–Kier alpha value is -2.59. The first kappa shape index (κ1) is 15.0. The van der Waals surface area contributed by atoms with Crippen LogP contribution in [0.15, 0.2) is 54.6 Å². The van der Waals surface area contributed by atoms with Crippen LogP contribution in [0.1, 0.15) is 16.8 Å². The van der Waals surface area contributed by atoms with Gasteiger partial charge in [0.1, 0.15) is 5.75 Å². The molecule has 0 spiro atoms. The standard InChI is InChI=1S/C20H21N3O/c1-24-17-9-5-8-16(12-17)20-18-13-21-11-10-19(18)23(22-20)14-15-6-3-2-4-7-15/h2-9,12,21H,10-11,13-14H2,1H3. The summed E-state index contributed by atoms with van der Waals surface area (Å²) in [4.78, 5) is 0. The summed E-state index contributed by atoms with van der Waals surface area (Å²) in [6, 6.07) is 18.7. The molecule has 122 valence electrons. The van der Waals surface area contributed by atoms with Crippen molar-refractivity contribution in [3.05, 3.63) is 71.4 Å². The lowest BCUT2D eigenvalue weighted by Crippen LogP contribution is -2.25. The second-order valence-electron chi connectivity index (χ2n) is 6.08. The molecule has 2 aromatic carbocycles. The number of nitrogens with one attached hydrogen (secondary N) is 1. The van der Waals surface area contributed by atoms with Crippen LogP contribution in [0.4, 0.5) is 0 Å². The number of hydrogen-bond acceptors (Lipinski definition) is 3. The van der Waals surface area contributed by atoms with E-state index in [0.29, 0.717) is 0 Å². The summed E-state index contributed by atoms with van der Waals surface area (Å²) >= 11 is 0. The van der Waals surface area contributed by atoms with Crippen molar-refractivity contribution in [1.82, 2.24) is 15.1 Å². The Morgan fingerprint density at radius 1 is 1.12 bits per heavy atom. The molecule has 2 heterocycles. The van der Waals surface area contributed by atoms with Crippen LogP contribution in [-0.2, 0) is 19.5 Å². The molecule has 0 radical (unpaired) electrons. The number of benzene rings is 2. The predicted molar refractivity (Wildman–Crippen MR) is 95.2 cm³/mol. The Bertz CT molecular complexity index is 839. The highest BCUT2D eigenvalue weighted by Gasteiger charge is 2.21. The molecule has 4 heteroatoms. The van der Waals surface area contributed by atoms with Crippen LogP contribution in [0.25, 0.3) is 11.3 Å². The average molecular weight is 319 g/mol. The lowest BCUT2D eigenvalue weighted by Gasteiger charge is -2.16. The first-order valence-corrected chi connectivity index (χ1v) is 8.33. The average Bonchev–Trinajstić information content (AvgIpc) is 3.01. The lowest BCUT2D eigenvalue weighted by atomic mass is 10.0. The minimum Gasteiger partial charge on any atom is -0.497 e. The Balaban J connectivity index is 1.77. The second kappa shape index (κ2) is 6.49. The smallest absolute Gasteiger partial charge is 0.119 e. The van der Waals surface area contributed by atoms with Crippen molar-refractivity contribution in [2.24, 2.45) is 0 Å². The molecular weight excluding hydrogens is 298 g/mol. The minimum atomic E-state index is 0.813. The van der Waals surface area contributed by atoms with Gasteiger partial charge in [0.25, 0.3) is 0 Å². The largest absolute Gasteiger partial charge is 0.497 e. The second-order valence-corrected chi connectivity index (χ2v) is 6.08. The van der Waals surface area contributed by atoms with E-state index < -0.39 is 0 Å². The molecule has 0 fully saturated rings. The Morgan fingerprint density at radius 2 is 2.00 bits per heavy atom. The van der Waals surface area contributed by atoms with Crippen LogP contribution >= 0.6 is 0 Å². The van der Waals surface area contributed by atoms with Gasteiger partial charge in [-0.3, -0.25) is 4.68 Å². The van der Waals surface area contributed by atoms with Crippen molar-refractivity contribution >= 4 is 0 Å². The molecule has 1 aliphatic rings. The van der Waals surface area contributed by atoms with Crippen molar-refractivity contribution in [2.75, 3.05) is 13.7 Å². The number of hydrogen-bond donors (Lipinski definition) is 1. The molecule has 0 saturated heterocycles. The Kier molecular flexibility index (Phi) is 4.05. The molecule has 1 aromatic heterocycles. The van der Waals surface area contributed by atoms with Crippen molar-refractivity contribution in [3.63, 3.8) is 0 Å². The van der Waals surface area contributed by atoms with Gasteiger partial charge in [-0.2, -0.15) is 5.10 Å². The van der Waals surface area contributed by atoms with Crippen LogP contribution in [0.2, 0.25) is 0 Å². The maximum atomic E-state index is 5.37. The number of nitrogens with zero attached hydrogens (tertiary/aromatic N) is 2. The van der Waals surface area contributed by atoms with Crippen molar-refractivity contribution in [2.45, 2.75) is 19.5 Å². The van der Waals surface area contributed by atoms with E-state index in [-0.39, 0.29) is 0 Å². The fourth-order valence-corrected chi connectivity index (χ4v) is 3.31. The zero-order chi connectivity index (χ0) is 16.4. The van der Waals surface area contributed by atoms with Gasteiger partial charge >= 0.3 is 0 Å². The maximum Gasteiger partial charge on any atom is 0.119 e. The van der Waals surface area contributed by atoms with E-state index in [1.54, 1.807) is 7.11 Å². The van der Waals surface area contributed by atoms with Gasteiger partial charge in [-0.15, -0.1) is 0 Å². The number of aromatic nitrogens is 2. The van der Waals surface area contributed by atoms with Gasteiger partial charge in [-0.1, -0.05) is 42.5 Å². The number of rotatable bonds is 4. The molecule has 0 saturated carbocycles. The first-order valence-electron chi connectivity index (χ1n) is 8.33. The van der Waals surface area contributed by atoms with Crippen molar-refractivity contribution in [1.29, 1.82) is 0 Å². The van der Waals surface area contributed by atoms with Gasteiger partial charge in [0.05, 0.1) is 19.3 Å². The molecule has 4 rings (SSSR count). The van der Waals surface area contributed by atoms with Crippen LogP contribution < -0.4 is 10.1 Å². The topological polar surface area (TPSA) is 39.1 Å². The van der Waals surface area contributed by atoms with E-state index in [2.05, 4.69) is 46.4 Å². The molecule has 0 unspecified atom stereocenters. The van der Waals surface area contributed by atoms with Crippen LogP contribution in [0, 0.1) is 0 Å². The van der Waals surface area contributed by atoms with E-state index in [1.807, 2.05) is 18.2 Å². The molecule has 1 N–H and O–H groups in total. The Morgan fingerprint density at radius 3 is 2.83 bits per heavy atom. The molecule has 0 atom stereocenters. The van der Waals surface area contributed by atoms with Gasteiger partial charge in [-0.25, -0.2) is 0 Å². The summed E-state index contributed by atoms with van der Waals surface area (Å²) in [6.45, 7) is 2.69. The summed E-state index contributed by atoms with van der Waals surface area (Å²) in [5.74, 6) is 0.864. The summed E-state index contributed by atoms with van der Waals surface area (Å²) < 4.78 is 7.54. The highest BCUT2D eigenvalue weighted by atomic mass is 16.5. The maximum absolute atomic E-state index is 5.37. The van der Waals surface area contributed by atoms with Gasteiger partial charge in [0, 0.05) is 36.3 Å². The third-order valence-electron chi connectivity index (χ3n) is 4.53. The SMILES string of the molecule is COc1cccc(-c2nn(Cc3ccccc3)c3c2CNCC3)c1. The van der Waals surface area contributed by atoms with Crippen LogP contribution in [0.3, 0.4) is 0 Å². The highest BCUT2D eigenvalue weighted by Crippen LogP contribution is 2.30. The molecule has 0 aliphatic carbocycles. The van der Waals surface area contributed by atoms with E-state index in [4.69, 9.17) is 9.84 Å². The molecule has 0 bridgehead atoms. The summed E-state index contributed by atoms with van der Waals surface area (Å²) in [6.07, 6.45) is 1.01. The van der Waals surface area contributed by atoms with Crippen molar-refractivity contribution < 1.29 is 4.74 Å². The molecule has 24 heavy (non-hydrogen) atoms. The monoisotopic (exact) mass is 319 g/mol. The highest BCUT2D eigenvalue weighted by molar-refractivity contribution is 5.66. The number of fused-ring (bicyclic) bond motifs is 1. The van der Waals surface area contributed by atoms with Gasteiger partial charge in [0.2, 0.25) is 0 Å². The van der Waals surface area contributed by atoms with Crippen molar-refractivity contribution in [3.8, 4) is 17.0 Å². The zero-order valence-corrected chi connectivity index (χ0v) is 13.8. The fraction of sp³-hybridized carbons (Fsp3) is 0.250. The molecule has 3 aromatic rings. The van der Waals surface area contributed by atoms with Gasteiger partial charge in [0.15, 0.2) is 0 Å². The normalized spacial score (nSPS) is 13.5. The molecular formula is C20H21N3O. The molecule has 4 nitrogen and oxygen atoms in total. The zero-order valence-electron chi connectivity index (χ0n) is 13.8. The molecule has 1 aliphatic heterocycles. The van der Waals surface area contributed by atoms with Crippen LogP contribution in [-0.4, -0.2) is 23.4 Å². The van der Waals surface area contributed by atoms with Gasteiger partial charge in [-0.05, 0) is 17.7 Å². The van der Waals surface area contributed by atoms with E-state index in [1.165, 1.54) is 16.8 Å². The quantitative estimate of drug-likeness (QED) is 0.802. The number of ether oxygens (including phenoxy) is 1. The lowest BCUT2D eigenvalue weighted by molar-refractivity contribution is 0.415. The Labute approximate surface area is 142 Å². The molecule has 0 amide bonds. The van der Waals surface area contributed by atoms with E-state index >= 15 is 0 Å². The van der Waals surface area contributed by atoms with E-state index in [9.17, 15) is 0 Å². The third-order valence-corrected chi connectivity index (χ3v) is 4.53. The number of methoxy groups -OCH3 is 1. The first-order chi connectivity index (χ1) is 11.8. The summed E-state index contributed by atoms with van der Waals surface area (Å²) in [7, 11) is 1.70. The van der Waals surface area contributed by atoms with Crippen LogP contribution in [0.5, 0.6) is 5.75 Å². The fourth-order valence-electron chi connectivity index (χ4n) is 3.31. The van der Waals surface area contributed by atoms with Gasteiger partial charge < -0.3 is 10.1 Å². The van der Waals surface area contributed by atoms with E-state index in [0.717, 1.165) is 43.1 Å². The minimum absolute atomic E-state index is 0.813. The predicted octanol–water partition coefficient (Wildman–Crippen LogP) is 3.25.